The van der Waals surface area contributed by atoms with Crippen LogP contribution in [0.3, 0.4) is 0 Å². The van der Waals surface area contributed by atoms with Crippen LogP contribution in [0.1, 0.15) is 47.2 Å². The number of likely N-dealkylation sites (tertiary alicyclic amines) is 1. The Bertz CT molecular complexity index is 648. The molecular formula is C18H22BrNO3. The fourth-order valence-electron chi connectivity index (χ4n) is 3.46. The molecule has 23 heavy (non-hydrogen) atoms. The Labute approximate surface area is 145 Å². The SMILES string of the molecule is Cc1ccc2c(c1C)OC1(CCN(C(=O)CCBr)CC1)CC2=O. The highest BCUT2D eigenvalue weighted by Gasteiger charge is 2.44. The summed E-state index contributed by atoms with van der Waals surface area (Å²) in [4.78, 5) is 26.5. The van der Waals surface area contributed by atoms with E-state index < -0.39 is 5.60 Å². The van der Waals surface area contributed by atoms with Gasteiger partial charge < -0.3 is 9.64 Å². The smallest absolute Gasteiger partial charge is 0.223 e. The second-order valence-corrected chi connectivity index (χ2v) is 7.38. The van der Waals surface area contributed by atoms with Gasteiger partial charge in [-0.05, 0) is 31.0 Å². The highest BCUT2D eigenvalue weighted by Crippen LogP contribution is 2.41. The van der Waals surface area contributed by atoms with E-state index in [9.17, 15) is 9.59 Å². The topological polar surface area (TPSA) is 46.6 Å². The molecule has 0 saturated carbocycles. The molecule has 1 aromatic rings. The first-order valence-corrected chi connectivity index (χ1v) is 9.24. The van der Waals surface area contributed by atoms with Gasteiger partial charge in [0.25, 0.3) is 0 Å². The first kappa shape index (κ1) is 16.5. The Kier molecular flexibility index (Phi) is 4.50. The third-order valence-corrected chi connectivity index (χ3v) is 5.51. The summed E-state index contributed by atoms with van der Waals surface area (Å²) in [6.45, 7) is 5.38. The van der Waals surface area contributed by atoms with E-state index in [0.29, 0.717) is 36.8 Å². The average Bonchev–Trinajstić information content (AvgIpc) is 2.52. The monoisotopic (exact) mass is 379 g/mol. The predicted octanol–water partition coefficient (Wildman–Crippen LogP) is 3.41. The van der Waals surface area contributed by atoms with E-state index in [1.165, 1.54) is 0 Å². The van der Waals surface area contributed by atoms with Crippen LogP contribution in [0.25, 0.3) is 0 Å². The number of Topliss-reactive ketones (excluding diaryl/α,β-unsaturated/α-hetero) is 1. The number of hydrogen-bond donors (Lipinski definition) is 0. The number of alkyl halides is 1. The van der Waals surface area contributed by atoms with Crippen molar-refractivity contribution in [2.24, 2.45) is 0 Å². The Balaban J connectivity index is 1.80. The standard InChI is InChI=1S/C18H22BrNO3/c1-12-3-4-14-15(21)11-18(23-17(14)13(12)2)6-9-20(10-7-18)16(22)5-8-19/h3-4H,5-11H2,1-2H3. The second-order valence-electron chi connectivity index (χ2n) is 6.59. The second kappa shape index (κ2) is 6.27. The predicted molar refractivity (Wildman–Crippen MR) is 92.4 cm³/mol. The highest BCUT2D eigenvalue weighted by atomic mass is 79.9. The number of halogens is 1. The fraction of sp³-hybridized carbons (Fsp3) is 0.556. The zero-order chi connectivity index (χ0) is 16.6. The molecule has 2 heterocycles. The average molecular weight is 380 g/mol. The summed E-state index contributed by atoms with van der Waals surface area (Å²) < 4.78 is 6.36. The lowest BCUT2D eigenvalue weighted by atomic mass is 9.81. The maximum atomic E-state index is 12.6. The van der Waals surface area contributed by atoms with E-state index in [1.807, 2.05) is 30.9 Å². The summed E-state index contributed by atoms with van der Waals surface area (Å²) in [7, 11) is 0. The fourth-order valence-corrected chi connectivity index (χ4v) is 3.80. The van der Waals surface area contributed by atoms with Crippen LogP contribution in [0.5, 0.6) is 5.75 Å². The molecule has 1 spiro atoms. The van der Waals surface area contributed by atoms with Gasteiger partial charge in [-0.1, -0.05) is 22.0 Å². The summed E-state index contributed by atoms with van der Waals surface area (Å²) in [5.41, 5.74) is 2.45. The molecule has 0 N–H and O–H groups in total. The van der Waals surface area contributed by atoms with Crippen LogP contribution in [0.15, 0.2) is 12.1 Å². The number of benzene rings is 1. The largest absolute Gasteiger partial charge is 0.486 e. The van der Waals surface area contributed by atoms with E-state index in [4.69, 9.17) is 4.74 Å². The maximum Gasteiger partial charge on any atom is 0.223 e. The minimum absolute atomic E-state index is 0.162. The van der Waals surface area contributed by atoms with Crippen molar-refractivity contribution < 1.29 is 14.3 Å². The van der Waals surface area contributed by atoms with E-state index in [0.717, 1.165) is 29.7 Å². The van der Waals surface area contributed by atoms with Crippen molar-refractivity contribution in [2.45, 2.75) is 45.1 Å². The molecule has 0 bridgehead atoms. The van der Waals surface area contributed by atoms with Crippen LogP contribution < -0.4 is 4.74 Å². The van der Waals surface area contributed by atoms with Gasteiger partial charge in [0.15, 0.2) is 5.78 Å². The van der Waals surface area contributed by atoms with Crippen LogP contribution in [0, 0.1) is 13.8 Å². The zero-order valence-electron chi connectivity index (χ0n) is 13.7. The Morgan fingerprint density at radius 1 is 1.30 bits per heavy atom. The minimum atomic E-state index is -0.437. The summed E-state index contributed by atoms with van der Waals surface area (Å²) in [5.74, 6) is 1.09. The van der Waals surface area contributed by atoms with Crippen molar-refractivity contribution in [1.82, 2.24) is 4.90 Å². The summed E-state index contributed by atoms with van der Waals surface area (Å²) in [5, 5.41) is 0.689. The van der Waals surface area contributed by atoms with E-state index in [-0.39, 0.29) is 11.7 Å². The Morgan fingerprint density at radius 2 is 2.00 bits per heavy atom. The number of aryl methyl sites for hydroxylation is 1. The molecule has 124 valence electrons. The van der Waals surface area contributed by atoms with Crippen molar-refractivity contribution >= 4 is 27.6 Å². The van der Waals surface area contributed by atoms with Gasteiger partial charge in [0.05, 0.1) is 12.0 Å². The first-order valence-electron chi connectivity index (χ1n) is 8.12. The van der Waals surface area contributed by atoms with Gasteiger partial charge in [-0.25, -0.2) is 0 Å². The lowest BCUT2D eigenvalue weighted by Gasteiger charge is -2.44. The number of ether oxygens (including phenoxy) is 1. The van der Waals surface area contributed by atoms with E-state index in [2.05, 4.69) is 15.9 Å². The van der Waals surface area contributed by atoms with Gasteiger partial charge in [0.1, 0.15) is 11.4 Å². The van der Waals surface area contributed by atoms with Gasteiger partial charge in [0.2, 0.25) is 5.91 Å². The molecule has 2 aliphatic heterocycles. The number of amides is 1. The summed E-state index contributed by atoms with van der Waals surface area (Å²) in [6, 6.07) is 3.86. The lowest BCUT2D eigenvalue weighted by molar-refractivity contribution is -0.134. The normalized spacial score (nSPS) is 19.4. The number of rotatable bonds is 2. The van der Waals surface area contributed by atoms with Gasteiger partial charge in [-0.15, -0.1) is 0 Å². The van der Waals surface area contributed by atoms with Crippen molar-refractivity contribution in [1.29, 1.82) is 0 Å². The Hall–Kier alpha value is -1.36. The van der Waals surface area contributed by atoms with Gasteiger partial charge >= 0.3 is 0 Å². The quantitative estimate of drug-likeness (QED) is 0.739. The molecule has 3 rings (SSSR count). The molecule has 1 aromatic carbocycles. The number of hydrogen-bond acceptors (Lipinski definition) is 3. The molecule has 1 fully saturated rings. The highest BCUT2D eigenvalue weighted by molar-refractivity contribution is 9.09. The zero-order valence-corrected chi connectivity index (χ0v) is 15.2. The number of piperidine rings is 1. The van der Waals surface area contributed by atoms with Crippen molar-refractivity contribution in [3.63, 3.8) is 0 Å². The molecule has 4 nitrogen and oxygen atoms in total. The number of carbonyl (C=O) groups is 2. The van der Waals surface area contributed by atoms with E-state index in [1.54, 1.807) is 0 Å². The van der Waals surface area contributed by atoms with Crippen molar-refractivity contribution in [2.75, 3.05) is 18.4 Å². The van der Waals surface area contributed by atoms with Crippen LogP contribution in [-0.4, -0.2) is 40.6 Å². The van der Waals surface area contributed by atoms with Crippen LogP contribution in [-0.2, 0) is 4.79 Å². The molecule has 0 radical (unpaired) electrons. The van der Waals surface area contributed by atoms with Crippen LogP contribution in [0.4, 0.5) is 0 Å². The van der Waals surface area contributed by atoms with Crippen molar-refractivity contribution in [3.05, 3.63) is 28.8 Å². The van der Waals surface area contributed by atoms with Gasteiger partial charge in [0, 0.05) is 37.7 Å². The number of fused-ring (bicyclic) bond motifs is 1. The van der Waals surface area contributed by atoms with Crippen molar-refractivity contribution in [3.8, 4) is 5.75 Å². The Morgan fingerprint density at radius 3 is 2.65 bits per heavy atom. The number of nitrogens with zero attached hydrogens (tertiary/aromatic N) is 1. The maximum absolute atomic E-state index is 12.6. The molecule has 2 aliphatic rings. The van der Waals surface area contributed by atoms with Crippen LogP contribution >= 0.6 is 15.9 Å². The number of ketones is 1. The number of carbonyl (C=O) groups excluding carboxylic acids is 2. The summed E-state index contributed by atoms with van der Waals surface area (Å²) >= 11 is 3.31. The molecule has 5 heteroatoms. The lowest BCUT2D eigenvalue weighted by Crippen LogP contribution is -2.52. The van der Waals surface area contributed by atoms with E-state index >= 15 is 0 Å². The van der Waals surface area contributed by atoms with Gasteiger partial charge in [-0.2, -0.15) is 0 Å². The molecule has 0 aromatic heterocycles. The van der Waals surface area contributed by atoms with Crippen LogP contribution in [0.2, 0.25) is 0 Å². The molecule has 0 aliphatic carbocycles. The van der Waals surface area contributed by atoms with Gasteiger partial charge in [-0.3, -0.25) is 9.59 Å². The molecule has 1 saturated heterocycles. The third kappa shape index (κ3) is 3.03. The molecular weight excluding hydrogens is 358 g/mol. The first-order chi connectivity index (χ1) is 11.0. The molecule has 1 amide bonds. The summed E-state index contributed by atoms with van der Waals surface area (Å²) in [6.07, 6.45) is 2.38. The molecule has 0 atom stereocenters. The minimum Gasteiger partial charge on any atom is -0.486 e. The molecule has 0 unspecified atom stereocenters. The third-order valence-electron chi connectivity index (χ3n) is 5.11.